The molecule has 0 bridgehead atoms. The van der Waals surface area contributed by atoms with E-state index in [4.69, 9.17) is 4.42 Å². The highest BCUT2D eigenvalue weighted by Gasteiger charge is 2.05. The Morgan fingerprint density at radius 3 is 3.00 bits per heavy atom. The number of aromatic nitrogens is 2. The molecule has 19 heavy (non-hydrogen) atoms. The first kappa shape index (κ1) is 12.8. The second kappa shape index (κ2) is 6.30. The molecular weight excluding hydrogens is 242 g/mol. The van der Waals surface area contributed by atoms with Crippen molar-refractivity contribution in [3.05, 3.63) is 55.0 Å². The van der Waals surface area contributed by atoms with Gasteiger partial charge < -0.3 is 9.73 Å². The molecule has 2 aromatic rings. The fourth-order valence-corrected chi connectivity index (χ4v) is 1.47. The molecule has 0 aliphatic heterocycles. The van der Waals surface area contributed by atoms with Crippen molar-refractivity contribution in [2.24, 2.45) is 0 Å². The molecule has 1 N–H and O–H groups in total. The van der Waals surface area contributed by atoms with Crippen molar-refractivity contribution in [3.8, 4) is 11.5 Å². The lowest BCUT2D eigenvalue weighted by Gasteiger charge is -2.03. The third-order valence-electron chi connectivity index (χ3n) is 2.29. The quantitative estimate of drug-likeness (QED) is 0.673. The van der Waals surface area contributed by atoms with Crippen molar-refractivity contribution >= 4 is 11.6 Å². The third-order valence-corrected chi connectivity index (χ3v) is 2.29. The van der Waals surface area contributed by atoms with E-state index in [0.717, 1.165) is 5.56 Å². The Morgan fingerprint density at radius 1 is 1.37 bits per heavy atom. The number of hydrogen-bond acceptors (Lipinski definition) is 4. The minimum Gasteiger partial charge on any atom is -0.423 e. The first-order valence-corrected chi connectivity index (χ1v) is 5.76. The zero-order valence-corrected chi connectivity index (χ0v) is 10.4. The van der Waals surface area contributed by atoms with Gasteiger partial charge in [0.15, 0.2) is 0 Å². The van der Waals surface area contributed by atoms with E-state index < -0.39 is 0 Å². The summed E-state index contributed by atoms with van der Waals surface area (Å²) in [5, 5.41) is 10.2. The van der Waals surface area contributed by atoms with Crippen LogP contribution in [0.2, 0.25) is 0 Å². The van der Waals surface area contributed by atoms with Gasteiger partial charge in [0.25, 0.3) is 0 Å². The van der Waals surface area contributed by atoms with Gasteiger partial charge in [0.1, 0.15) is 0 Å². The van der Waals surface area contributed by atoms with Gasteiger partial charge in [-0.25, -0.2) is 0 Å². The predicted molar refractivity (Wildman–Crippen MR) is 72.3 cm³/mol. The molecule has 0 saturated carbocycles. The molecule has 0 aliphatic rings. The van der Waals surface area contributed by atoms with E-state index in [1.165, 1.54) is 12.5 Å². The molecule has 1 aromatic heterocycles. The summed E-state index contributed by atoms with van der Waals surface area (Å²) in [4.78, 5) is 11.6. The van der Waals surface area contributed by atoms with Gasteiger partial charge in [-0.05, 0) is 25.1 Å². The lowest BCUT2D eigenvalue weighted by atomic mass is 10.2. The van der Waals surface area contributed by atoms with E-state index in [2.05, 4.69) is 15.5 Å². The Kier molecular flexibility index (Phi) is 4.23. The molecule has 0 atom stereocenters. The Balaban J connectivity index is 2.09. The summed E-state index contributed by atoms with van der Waals surface area (Å²) in [7, 11) is 0. The summed E-state index contributed by atoms with van der Waals surface area (Å²) >= 11 is 0. The number of carbonyl (C=O) groups is 1. The highest BCUT2D eigenvalue weighted by atomic mass is 16.4. The van der Waals surface area contributed by atoms with Crippen LogP contribution in [0.3, 0.4) is 0 Å². The van der Waals surface area contributed by atoms with E-state index in [1.54, 1.807) is 24.3 Å². The number of amides is 1. The van der Waals surface area contributed by atoms with Crippen LogP contribution in [0.4, 0.5) is 5.69 Å². The summed E-state index contributed by atoms with van der Waals surface area (Å²) in [6.45, 7) is 1.89. The molecule has 1 aromatic carbocycles. The van der Waals surface area contributed by atoms with Crippen LogP contribution in [0.5, 0.6) is 0 Å². The average Bonchev–Trinajstić information content (AvgIpc) is 2.93. The van der Waals surface area contributed by atoms with Gasteiger partial charge in [-0.2, -0.15) is 0 Å². The number of carbonyl (C=O) groups excluding carboxylic acids is 1. The molecule has 96 valence electrons. The van der Waals surface area contributed by atoms with Crippen molar-refractivity contribution in [3.63, 3.8) is 0 Å². The van der Waals surface area contributed by atoms with Crippen LogP contribution in [-0.4, -0.2) is 16.1 Å². The first-order chi connectivity index (χ1) is 9.29. The van der Waals surface area contributed by atoms with Gasteiger partial charge >= 0.3 is 0 Å². The number of hydrogen-bond donors (Lipinski definition) is 1. The standard InChI is InChI=1S/C14H13N3O2/c1-2-3-4-8-13(18)16-12-7-5-6-11(9-12)14-17-15-10-19-14/h2-10H,1H3,(H,16,18). The summed E-state index contributed by atoms with van der Waals surface area (Å²) in [6.07, 6.45) is 8.03. The number of allylic oxidation sites excluding steroid dienone is 3. The van der Waals surface area contributed by atoms with E-state index in [-0.39, 0.29) is 5.91 Å². The van der Waals surface area contributed by atoms with E-state index in [9.17, 15) is 4.79 Å². The van der Waals surface area contributed by atoms with Crippen LogP contribution < -0.4 is 5.32 Å². The second-order valence-corrected chi connectivity index (χ2v) is 3.70. The van der Waals surface area contributed by atoms with E-state index in [0.29, 0.717) is 11.6 Å². The molecule has 0 radical (unpaired) electrons. The van der Waals surface area contributed by atoms with Gasteiger partial charge in [0.05, 0.1) is 0 Å². The third kappa shape index (κ3) is 3.64. The van der Waals surface area contributed by atoms with Gasteiger partial charge in [0.2, 0.25) is 18.2 Å². The van der Waals surface area contributed by atoms with Crippen molar-refractivity contribution < 1.29 is 9.21 Å². The van der Waals surface area contributed by atoms with Crippen molar-refractivity contribution in [1.82, 2.24) is 10.2 Å². The maximum atomic E-state index is 11.6. The number of nitrogens with one attached hydrogen (secondary N) is 1. The normalized spacial score (nSPS) is 11.2. The lowest BCUT2D eigenvalue weighted by molar-refractivity contribution is -0.111. The molecule has 5 heteroatoms. The average molecular weight is 255 g/mol. The smallest absolute Gasteiger partial charge is 0.248 e. The zero-order chi connectivity index (χ0) is 13.5. The number of anilines is 1. The van der Waals surface area contributed by atoms with Crippen LogP contribution >= 0.6 is 0 Å². The van der Waals surface area contributed by atoms with Gasteiger partial charge in [-0.3, -0.25) is 4.79 Å². The predicted octanol–water partition coefficient (Wildman–Crippen LogP) is 2.81. The maximum absolute atomic E-state index is 11.6. The molecule has 1 heterocycles. The zero-order valence-electron chi connectivity index (χ0n) is 10.4. The highest BCUT2D eigenvalue weighted by molar-refractivity contribution is 5.99. The summed E-state index contributed by atoms with van der Waals surface area (Å²) in [5.41, 5.74) is 1.43. The second-order valence-electron chi connectivity index (χ2n) is 3.70. The molecule has 0 spiro atoms. The summed E-state index contributed by atoms with van der Waals surface area (Å²) in [6, 6.07) is 7.21. The Labute approximate surface area is 110 Å². The molecule has 0 fully saturated rings. The monoisotopic (exact) mass is 255 g/mol. The van der Waals surface area contributed by atoms with Crippen molar-refractivity contribution in [1.29, 1.82) is 0 Å². The molecule has 5 nitrogen and oxygen atoms in total. The maximum Gasteiger partial charge on any atom is 0.248 e. The highest BCUT2D eigenvalue weighted by Crippen LogP contribution is 2.20. The van der Waals surface area contributed by atoms with E-state index in [1.807, 2.05) is 25.1 Å². The minimum atomic E-state index is -0.194. The molecule has 2 rings (SSSR count). The molecule has 0 aliphatic carbocycles. The summed E-state index contributed by atoms with van der Waals surface area (Å²) < 4.78 is 5.10. The number of benzene rings is 1. The molecular formula is C14H13N3O2. The minimum absolute atomic E-state index is 0.194. The Bertz CT molecular complexity index is 601. The van der Waals surface area contributed by atoms with Crippen LogP contribution in [0.15, 0.2) is 59.4 Å². The first-order valence-electron chi connectivity index (χ1n) is 5.76. The fourth-order valence-electron chi connectivity index (χ4n) is 1.47. The largest absolute Gasteiger partial charge is 0.423 e. The SMILES string of the molecule is CC=CC=CC(=O)Nc1cccc(-c2nnco2)c1. The fraction of sp³-hybridized carbons (Fsp3) is 0.0714. The van der Waals surface area contributed by atoms with Crippen molar-refractivity contribution in [2.45, 2.75) is 6.92 Å². The van der Waals surface area contributed by atoms with Crippen molar-refractivity contribution in [2.75, 3.05) is 5.32 Å². The lowest BCUT2D eigenvalue weighted by Crippen LogP contribution is -2.07. The van der Waals surface area contributed by atoms with Gasteiger partial charge in [0, 0.05) is 17.3 Å². The van der Waals surface area contributed by atoms with E-state index >= 15 is 0 Å². The van der Waals surface area contributed by atoms with Crippen LogP contribution in [0, 0.1) is 0 Å². The van der Waals surface area contributed by atoms with Crippen LogP contribution in [-0.2, 0) is 4.79 Å². The van der Waals surface area contributed by atoms with Crippen LogP contribution in [0.1, 0.15) is 6.92 Å². The number of rotatable bonds is 4. The molecule has 1 amide bonds. The Morgan fingerprint density at radius 2 is 2.26 bits per heavy atom. The number of nitrogens with zero attached hydrogens (tertiary/aromatic N) is 2. The molecule has 0 saturated heterocycles. The van der Waals surface area contributed by atoms with Gasteiger partial charge in [-0.15, -0.1) is 10.2 Å². The Hall–Kier alpha value is -2.69. The van der Waals surface area contributed by atoms with Crippen LogP contribution in [0.25, 0.3) is 11.5 Å². The van der Waals surface area contributed by atoms with Gasteiger partial charge in [-0.1, -0.05) is 24.3 Å². The topological polar surface area (TPSA) is 68.0 Å². The molecule has 0 unspecified atom stereocenters. The summed E-state index contributed by atoms with van der Waals surface area (Å²) in [5.74, 6) is 0.223.